The van der Waals surface area contributed by atoms with Crippen molar-refractivity contribution in [2.24, 2.45) is 0 Å². The highest BCUT2D eigenvalue weighted by Crippen LogP contribution is 2.63. The molecule has 0 aromatic rings. The van der Waals surface area contributed by atoms with Crippen LogP contribution in [0.5, 0.6) is 0 Å². The lowest BCUT2D eigenvalue weighted by Gasteiger charge is -2.02. The van der Waals surface area contributed by atoms with Crippen molar-refractivity contribution in [3.05, 3.63) is 17.6 Å². The quantitative estimate of drug-likeness (QED) is 0.518. The highest BCUT2D eigenvalue weighted by atomic mass is 35.9. The van der Waals surface area contributed by atoms with Gasteiger partial charge in [-0.05, 0) is 22.5 Å². The molecule has 2 nitrogen and oxygen atoms in total. The molecule has 0 unspecified atom stereocenters. The van der Waals surface area contributed by atoms with Crippen LogP contribution in [0.25, 0.3) is 0 Å². The third kappa shape index (κ3) is 3.46. The molecular formula is C5H7Cl2O2P. The molecule has 0 aliphatic rings. The summed E-state index contributed by atoms with van der Waals surface area (Å²) in [4.78, 5) is 0. The van der Waals surface area contributed by atoms with E-state index >= 15 is 0 Å². The molecular weight excluding hydrogens is 194 g/mol. The Kier molecular flexibility index (Phi) is 4.35. The number of halogens is 2. The second kappa shape index (κ2) is 4.23. The molecule has 0 saturated carbocycles. The highest BCUT2D eigenvalue weighted by molar-refractivity contribution is 8.11. The van der Waals surface area contributed by atoms with Gasteiger partial charge in [0.25, 0.3) is 5.85 Å². The van der Waals surface area contributed by atoms with E-state index in [4.69, 9.17) is 22.5 Å². The predicted octanol–water partition coefficient (Wildman–Crippen LogP) is 2.97. The van der Waals surface area contributed by atoms with Gasteiger partial charge in [-0.3, -0.25) is 4.57 Å². The average Bonchev–Trinajstić information content (AvgIpc) is 1.80. The maximum atomic E-state index is 10.8. The van der Waals surface area contributed by atoms with Gasteiger partial charge in [0.15, 0.2) is 0 Å². The van der Waals surface area contributed by atoms with Crippen LogP contribution in [0.4, 0.5) is 0 Å². The van der Waals surface area contributed by atoms with E-state index in [1.807, 2.05) is 0 Å². The van der Waals surface area contributed by atoms with Gasteiger partial charge in [-0.2, -0.15) is 0 Å². The Morgan fingerprint density at radius 1 is 1.80 bits per heavy atom. The van der Waals surface area contributed by atoms with Gasteiger partial charge in [-0.15, -0.1) is 5.73 Å². The lowest BCUT2D eigenvalue weighted by atomic mass is 10.6. The van der Waals surface area contributed by atoms with E-state index < -0.39 is 5.85 Å². The Hall–Kier alpha value is 0.290. The highest BCUT2D eigenvalue weighted by Gasteiger charge is 2.19. The summed E-state index contributed by atoms with van der Waals surface area (Å²) in [6.07, 6.45) is 0. The molecule has 58 valence electrons. The molecule has 0 amide bonds. The molecule has 5 heteroatoms. The molecule has 0 radical (unpaired) electrons. The molecule has 0 bridgehead atoms. The summed E-state index contributed by atoms with van der Waals surface area (Å²) >= 11 is 10.6. The summed E-state index contributed by atoms with van der Waals surface area (Å²) in [5.41, 5.74) is 2.36. The minimum Gasteiger partial charge on any atom is -0.379 e. The van der Waals surface area contributed by atoms with Crippen LogP contribution >= 0.6 is 28.3 Å². The van der Waals surface area contributed by atoms with Crippen LogP contribution in [0.2, 0.25) is 0 Å². The molecule has 0 saturated heterocycles. The molecule has 0 aliphatic carbocycles. The van der Waals surface area contributed by atoms with Gasteiger partial charge in [0, 0.05) is 7.11 Å². The van der Waals surface area contributed by atoms with Crippen LogP contribution in [0, 0.1) is 0 Å². The first-order valence-corrected chi connectivity index (χ1v) is 5.92. The summed E-state index contributed by atoms with van der Waals surface area (Å²) in [6.45, 7) is 3.37. The van der Waals surface area contributed by atoms with Crippen molar-refractivity contribution in [2.75, 3.05) is 13.7 Å². The standard InChI is InChI=1S/C5H7Cl2O2P/c1-3-5(4-9-2)10(6,7)8/h1,4H2,2H3. The lowest BCUT2D eigenvalue weighted by molar-refractivity contribution is 0.231. The monoisotopic (exact) mass is 200 g/mol. The zero-order chi connectivity index (χ0) is 8.20. The van der Waals surface area contributed by atoms with Crippen molar-refractivity contribution < 1.29 is 9.30 Å². The lowest BCUT2D eigenvalue weighted by Crippen LogP contribution is -1.88. The van der Waals surface area contributed by atoms with Gasteiger partial charge in [0.2, 0.25) is 0 Å². The van der Waals surface area contributed by atoms with Gasteiger partial charge < -0.3 is 4.74 Å². The Bertz CT molecular complexity index is 202. The van der Waals surface area contributed by atoms with Crippen LogP contribution in [-0.2, 0) is 9.30 Å². The zero-order valence-corrected chi connectivity index (χ0v) is 7.84. The largest absolute Gasteiger partial charge is 0.379 e. The van der Waals surface area contributed by atoms with Gasteiger partial charge in [-0.25, -0.2) is 0 Å². The molecule has 0 rings (SSSR count). The SMILES string of the molecule is C=C=C(COC)P(=O)(Cl)Cl. The van der Waals surface area contributed by atoms with E-state index in [0.717, 1.165) is 0 Å². The molecule has 0 aliphatic heterocycles. The van der Waals surface area contributed by atoms with Crippen LogP contribution in [-0.4, -0.2) is 13.7 Å². The van der Waals surface area contributed by atoms with Crippen molar-refractivity contribution in [3.63, 3.8) is 0 Å². The van der Waals surface area contributed by atoms with E-state index in [2.05, 4.69) is 17.0 Å². The third-order valence-electron chi connectivity index (χ3n) is 0.799. The Labute approximate surface area is 69.4 Å². The molecule has 0 aromatic carbocycles. The maximum absolute atomic E-state index is 10.8. The molecule has 0 heterocycles. The number of rotatable bonds is 3. The fraction of sp³-hybridized carbons (Fsp3) is 0.400. The van der Waals surface area contributed by atoms with E-state index in [0.29, 0.717) is 0 Å². The Morgan fingerprint density at radius 3 is 2.40 bits per heavy atom. The topological polar surface area (TPSA) is 26.3 Å². The number of hydrogen-bond donors (Lipinski definition) is 0. The first kappa shape index (κ1) is 10.3. The maximum Gasteiger partial charge on any atom is 0.287 e. The summed E-state index contributed by atoms with van der Waals surface area (Å²) in [7, 11) is 1.45. The first-order chi connectivity index (χ1) is 4.52. The molecule has 0 fully saturated rings. The second-order valence-corrected chi connectivity index (χ2v) is 6.36. The third-order valence-corrected chi connectivity index (χ3v) is 2.94. The number of hydrogen-bond acceptors (Lipinski definition) is 2. The minimum absolute atomic E-state index is 0.105. The average molecular weight is 201 g/mol. The minimum atomic E-state index is -3.23. The zero-order valence-electron chi connectivity index (χ0n) is 5.43. The van der Waals surface area contributed by atoms with Crippen LogP contribution < -0.4 is 0 Å². The van der Waals surface area contributed by atoms with Crippen molar-refractivity contribution in [1.29, 1.82) is 0 Å². The summed E-state index contributed by atoms with van der Waals surface area (Å²) in [5.74, 6) is -3.23. The van der Waals surface area contributed by atoms with Gasteiger partial charge >= 0.3 is 0 Å². The van der Waals surface area contributed by atoms with Crippen molar-refractivity contribution in [1.82, 2.24) is 0 Å². The van der Waals surface area contributed by atoms with Crippen molar-refractivity contribution in [3.8, 4) is 0 Å². The predicted molar refractivity (Wildman–Crippen MR) is 43.8 cm³/mol. The van der Waals surface area contributed by atoms with Gasteiger partial charge in [0.1, 0.15) is 0 Å². The smallest absolute Gasteiger partial charge is 0.287 e. The second-order valence-electron chi connectivity index (χ2n) is 1.52. The van der Waals surface area contributed by atoms with Crippen molar-refractivity contribution in [2.45, 2.75) is 0 Å². The summed E-state index contributed by atoms with van der Waals surface area (Å²) in [5, 5.41) is 0.207. The van der Waals surface area contributed by atoms with Crippen molar-refractivity contribution >= 4 is 28.3 Å². The van der Waals surface area contributed by atoms with Gasteiger partial charge in [-0.1, -0.05) is 6.58 Å². The molecule has 0 spiro atoms. The first-order valence-electron chi connectivity index (χ1n) is 2.40. The van der Waals surface area contributed by atoms with E-state index in [9.17, 15) is 4.57 Å². The molecule has 0 atom stereocenters. The van der Waals surface area contributed by atoms with Gasteiger partial charge in [0.05, 0.1) is 11.9 Å². The summed E-state index contributed by atoms with van der Waals surface area (Å²) in [6, 6.07) is 0. The molecule has 10 heavy (non-hydrogen) atoms. The Balaban J connectivity index is 4.41. The fourth-order valence-electron chi connectivity index (χ4n) is 0.355. The fourth-order valence-corrected chi connectivity index (χ4v) is 1.47. The van der Waals surface area contributed by atoms with E-state index in [1.54, 1.807) is 0 Å². The van der Waals surface area contributed by atoms with E-state index in [-0.39, 0.29) is 11.9 Å². The summed E-state index contributed by atoms with van der Waals surface area (Å²) < 4.78 is 15.5. The number of methoxy groups -OCH3 is 1. The van der Waals surface area contributed by atoms with Crippen LogP contribution in [0.3, 0.4) is 0 Å². The van der Waals surface area contributed by atoms with Crippen LogP contribution in [0.15, 0.2) is 17.6 Å². The molecule has 0 aromatic heterocycles. The normalized spacial score (nSPS) is 10.7. The van der Waals surface area contributed by atoms with Crippen LogP contribution in [0.1, 0.15) is 0 Å². The molecule has 0 N–H and O–H groups in total. The number of ether oxygens (including phenoxy) is 1. The Morgan fingerprint density at radius 2 is 2.30 bits per heavy atom. The van der Waals surface area contributed by atoms with E-state index in [1.165, 1.54) is 7.11 Å².